The van der Waals surface area contributed by atoms with Gasteiger partial charge in [-0.2, -0.15) is 11.8 Å². The minimum Gasteiger partial charge on any atom is -0.493 e. The average molecular weight is 380 g/mol. The first-order valence-corrected chi connectivity index (χ1v) is 10.8. The monoisotopic (exact) mass is 379 g/mol. The molecule has 1 saturated carbocycles. The Kier molecular flexibility index (Phi) is 8.95. The summed E-state index contributed by atoms with van der Waals surface area (Å²) in [5, 5.41) is 7.79. The lowest BCUT2D eigenvalue weighted by Crippen LogP contribution is -2.42. The van der Waals surface area contributed by atoms with Crippen molar-refractivity contribution in [2.75, 3.05) is 33.6 Å². The van der Waals surface area contributed by atoms with E-state index >= 15 is 0 Å². The van der Waals surface area contributed by atoms with Crippen molar-refractivity contribution in [1.82, 2.24) is 10.6 Å². The Morgan fingerprint density at radius 3 is 2.81 bits per heavy atom. The summed E-state index contributed by atoms with van der Waals surface area (Å²) in [7, 11) is 3.51. The molecule has 1 aromatic rings. The Hall–Kier alpha value is -1.56. The van der Waals surface area contributed by atoms with Crippen LogP contribution in [0.25, 0.3) is 0 Å². The first-order valence-electron chi connectivity index (χ1n) is 9.49. The van der Waals surface area contributed by atoms with Gasteiger partial charge in [0, 0.05) is 24.9 Å². The topological polar surface area (TPSA) is 54.9 Å². The number of thioether (sulfide) groups is 1. The Labute approximate surface area is 162 Å². The highest BCUT2D eigenvalue weighted by atomic mass is 32.2. The molecule has 0 bridgehead atoms. The van der Waals surface area contributed by atoms with Crippen LogP contribution in [0.3, 0.4) is 0 Å². The lowest BCUT2D eigenvalue weighted by atomic mass is 10.1. The summed E-state index contributed by atoms with van der Waals surface area (Å²) in [6, 6.07) is 6.72. The third-order valence-electron chi connectivity index (χ3n) is 4.74. The second kappa shape index (κ2) is 11.2. The maximum Gasteiger partial charge on any atom is 0.191 e. The standard InChI is InChI=1S/C20H33N3O2S/c1-5-25-19-13-15(8-11-18(19)24-3)7-6-12-22-20(21-2)23-16-9-10-17(14-16)26-4/h8,11,13,16-17H,5-7,9-10,12,14H2,1-4H3,(H2,21,22,23). The summed E-state index contributed by atoms with van der Waals surface area (Å²) < 4.78 is 11.0. The number of benzene rings is 1. The molecule has 1 aromatic carbocycles. The molecule has 0 heterocycles. The number of nitrogens with zero attached hydrogens (tertiary/aromatic N) is 1. The number of aryl methyl sites for hydroxylation is 1. The predicted molar refractivity (Wildman–Crippen MR) is 112 cm³/mol. The van der Waals surface area contributed by atoms with Gasteiger partial charge in [0.25, 0.3) is 0 Å². The first-order chi connectivity index (χ1) is 12.7. The second-order valence-corrected chi connectivity index (χ2v) is 7.67. The maximum atomic E-state index is 5.65. The molecule has 0 radical (unpaired) electrons. The smallest absolute Gasteiger partial charge is 0.191 e. The van der Waals surface area contributed by atoms with Crippen molar-refractivity contribution in [1.29, 1.82) is 0 Å². The normalized spacial score (nSPS) is 20.1. The number of guanidine groups is 1. The average Bonchev–Trinajstić information content (AvgIpc) is 3.12. The van der Waals surface area contributed by atoms with Crippen molar-refractivity contribution in [2.24, 2.45) is 4.99 Å². The summed E-state index contributed by atoms with van der Waals surface area (Å²) in [6.45, 7) is 3.52. The van der Waals surface area contributed by atoms with Crippen molar-refractivity contribution in [2.45, 2.75) is 50.3 Å². The summed E-state index contributed by atoms with van der Waals surface area (Å²) in [6.07, 6.45) is 8.00. The third kappa shape index (κ3) is 6.31. The zero-order valence-electron chi connectivity index (χ0n) is 16.5. The molecule has 2 rings (SSSR count). The molecule has 1 aliphatic rings. The maximum absolute atomic E-state index is 5.65. The van der Waals surface area contributed by atoms with Gasteiger partial charge in [-0.1, -0.05) is 6.07 Å². The van der Waals surface area contributed by atoms with Crippen LogP contribution in [0.1, 0.15) is 38.2 Å². The van der Waals surface area contributed by atoms with Crippen molar-refractivity contribution in [3.63, 3.8) is 0 Å². The van der Waals surface area contributed by atoms with E-state index in [1.807, 2.05) is 31.8 Å². The van der Waals surface area contributed by atoms with Crippen LogP contribution in [0.15, 0.2) is 23.2 Å². The molecule has 1 aliphatic carbocycles. The van der Waals surface area contributed by atoms with Crippen LogP contribution < -0.4 is 20.1 Å². The minimum atomic E-state index is 0.550. The Balaban J connectivity index is 1.74. The SMILES string of the molecule is CCOc1cc(CCCNC(=NC)NC2CCC(SC)C2)ccc1OC. The van der Waals surface area contributed by atoms with E-state index in [1.165, 1.54) is 24.8 Å². The quantitative estimate of drug-likeness (QED) is 0.391. The van der Waals surface area contributed by atoms with Crippen molar-refractivity contribution >= 4 is 17.7 Å². The number of hydrogen-bond donors (Lipinski definition) is 2. The summed E-state index contributed by atoms with van der Waals surface area (Å²) in [5.74, 6) is 2.53. The molecular weight excluding hydrogens is 346 g/mol. The number of methoxy groups -OCH3 is 1. The highest BCUT2D eigenvalue weighted by molar-refractivity contribution is 7.99. The molecule has 26 heavy (non-hydrogen) atoms. The molecule has 1 fully saturated rings. The lowest BCUT2D eigenvalue weighted by molar-refractivity contribution is 0.310. The molecule has 2 atom stereocenters. The summed E-state index contributed by atoms with van der Waals surface area (Å²) in [5.41, 5.74) is 1.26. The fourth-order valence-electron chi connectivity index (χ4n) is 3.32. The van der Waals surface area contributed by atoms with Gasteiger partial charge in [0.2, 0.25) is 0 Å². The van der Waals surface area contributed by atoms with E-state index in [9.17, 15) is 0 Å². The minimum absolute atomic E-state index is 0.550. The molecule has 2 unspecified atom stereocenters. The second-order valence-electron chi connectivity index (χ2n) is 6.53. The van der Waals surface area contributed by atoms with E-state index < -0.39 is 0 Å². The van der Waals surface area contributed by atoms with E-state index in [0.717, 1.165) is 42.1 Å². The van der Waals surface area contributed by atoms with Crippen LogP contribution in [-0.2, 0) is 6.42 Å². The fourth-order valence-corrected chi connectivity index (χ4v) is 4.11. The van der Waals surface area contributed by atoms with Crippen LogP contribution in [0, 0.1) is 0 Å². The van der Waals surface area contributed by atoms with Gasteiger partial charge in [-0.15, -0.1) is 0 Å². The number of nitrogens with one attached hydrogen (secondary N) is 2. The summed E-state index contributed by atoms with van der Waals surface area (Å²) in [4.78, 5) is 4.36. The molecule has 6 heteroatoms. The van der Waals surface area contributed by atoms with Gasteiger partial charge < -0.3 is 20.1 Å². The van der Waals surface area contributed by atoms with Crippen LogP contribution in [-0.4, -0.2) is 50.8 Å². The van der Waals surface area contributed by atoms with E-state index in [0.29, 0.717) is 12.6 Å². The number of rotatable bonds is 9. The Bertz CT molecular complexity index is 580. The first kappa shape index (κ1) is 20.7. The van der Waals surface area contributed by atoms with E-state index in [1.54, 1.807) is 7.11 Å². The molecule has 0 aromatic heterocycles. The van der Waals surface area contributed by atoms with Gasteiger partial charge in [-0.25, -0.2) is 0 Å². The molecule has 146 valence electrons. The Morgan fingerprint density at radius 2 is 2.15 bits per heavy atom. The molecular formula is C20H33N3O2S. The van der Waals surface area contributed by atoms with E-state index in [2.05, 4.69) is 34.0 Å². The van der Waals surface area contributed by atoms with E-state index in [-0.39, 0.29) is 0 Å². The number of ether oxygens (including phenoxy) is 2. The number of aliphatic imine (C=N–C) groups is 1. The Morgan fingerprint density at radius 1 is 1.31 bits per heavy atom. The summed E-state index contributed by atoms with van der Waals surface area (Å²) >= 11 is 1.98. The van der Waals surface area contributed by atoms with Crippen LogP contribution in [0.2, 0.25) is 0 Å². The molecule has 2 N–H and O–H groups in total. The molecule has 0 aliphatic heterocycles. The van der Waals surface area contributed by atoms with Crippen molar-refractivity contribution in [3.05, 3.63) is 23.8 Å². The lowest BCUT2D eigenvalue weighted by Gasteiger charge is -2.17. The van der Waals surface area contributed by atoms with Crippen LogP contribution >= 0.6 is 11.8 Å². The molecule has 0 spiro atoms. The predicted octanol–water partition coefficient (Wildman–Crippen LogP) is 3.48. The van der Waals surface area contributed by atoms with Gasteiger partial charge >= 0.3 is 0 Å². The van der Waals surface area contributed by atoms with Crippen LogP contribution in [0.4, 0.5) is 0 Å². The fraction of sp³-hybridized carbons (Fsp3) is 0.650. The van der Waals surface area contributed by atoms with Gasteiger partial charge in [0.05, 0.1) is 13.7 Å². The van der Waals surface area contributed by atoms with Gasteiger partial charge in [-0.3, -0.25) is 4.99 Å². The molecule has 0 amide bonds. The zero-order valence-corrected chi connectivity index (χ0v) is 17.3. The van der Waals surface area contributed by atoms with Crippen LogP contribution in [0.5, 0.6) is 11.5 Å². The van der Waals surface area contributed by atoms with Crippen molar-refractivity contribution in [3.8, 4) is 11.5 Å². The van der Waals surface area contributed by atoms with Gasteiger partial charge in [0.1, 0.15) is 0 Å². The highest BCUT2D eigenvalue weighted by Crippen LogP contribution is 2.29. The van der Waals surface area contributed by atoms with Crippen molar-refractivity contribution < 1.29 is 9.47 Å². The number of hydrogen-bond acceptors (Lipinski definition) is 4. The zero-order chi connectivity index (χ0) is 18.8. The highest BCUT2D eigenvalue weighted by Gasteiger charge is 2.24. The largest absolute Gasteiger partial charge is 0.493 e. The third-order valence-corrected chi connectivity index (χ3v) is 5.84. The van der Waals surface area contributed by atoms with Gasteiger partial charge in [-0.05, 0) is 63.0 Å². The molecule has 0 saturated heterocycles. The van der Waals surface area contributed by atoms with Gasteiger partial charge in [0.15, 0.2) is 17.5 Å². The molecule has 5 nitrogen and oxygen atoms in total. The van der Waals surface area contributed by atoms with E-state index in [4.69, 9.17) is 9.47 Å².